The number of alkyl halides is 2. The molecule has 0 unspecified atom stereocenters. The van der Waals surface area contributed by atoms with E-state index in [2.05, 4.69) is 10.1 Å². The Balaban J connectivity index is 2.06. The average molecular weight is 389 g/mol. The number of rotatable bonds is 8. The quantitative estimate of drug-likeness (QED) is 0.746. The molecule has 2 aromatic rings. The first-order chi connectivity index (χ1) is 13.3. The first-order valence-electron chi connectivity index (χ1n) is 8.47. The molecule has 0 bridgehead atoms. The van der Waals surface area contributed by atoms with Gasteiger partial charge in [-0.15, -0.1) is 0 Å². The number of benzene rings is 2. The Morgan fingerprint density at radius 1 is 1.25 bits per heavy atom. The molecular weight excluding hydrogens is 368 g/mol. The number of para-hydroxylation sites is 1. The molecule has 0 aliphatic heterocycles. The number of methoxy groups -OCH3 is 1. The lowest BCUT2D eigenvalue weighted by molar-refractivity contribution is -0.120. The van der Waals surface area contributed by atoms with E-state index in [1.807, 2.05) is 6.07 Å². The van der Waals surface area contributed by atoms with Crippen molar-refractivity contribution in [1.82, 2.24) is 4.90 Å². The maximum absolute atomic E-state index is 12.5. The van der Waals surface area contributed by atoms with Crippen molar-refractivity contribution in [2.75, 3.05) is 19.5 Å². The fourth-order valence-corrected chi connectivity index (χ4v) is 2.56. The lowest BCUT2D eigenvalue weighted by Gasteiger charge is -2.24. The topological polar surface area (TPSA) is 74.6 Å². The van der Waals surface area contributed by atoms with Gasteiger partial charge in [-0.1, -0.05) is 18.2 Å². The van der Waals surface area contributed by atoms with E-state index in [0.29, 0.717) is 17.8 Å². The highest BCUT2D eigenvalue weighted by Gasteiger charge is 2.20. The number of carbonyl (C=O) groups excluding carboxylic acids is 1. The van der Waals surface area contributed by atoms with Crippen LogP contribution in [0.4, 0.5) is 14.5 Å². The number of likely N-dealkylation sites (N-methyl/N-ethyl adjacent to an activating group) is 1. The second-order valence-electron chi connectivity index (χ2n) is 6.10. The van der Waals surface area contributed by atoms with E-state index in [4.69, 9.17) is 10.00 Å². The third-order valence-electron chi connectivity index (χ3n) is 4.22. The van der Waals surface area contributed by atoms with Gasteiger partial charge in [0.1, 0.15) is 6.07 Å². The van der Waals surface area contributed by atoms with Crippen LogP contribution in [0.3, 0.4) is 0 Å². The summed E-state index contributed by atoms with van der Waals surface area (Å²) < 4.78 is 34.4. The lowest BCUT2D eigenvalue weighted by Crippen LogP contribution is -2.39. The Kier molecular flexibility index (Phi) is 7.29. The zero-order valence-electron chi connectivity index (χ0n) is 15.8. The van der Waals surface area contributed by atoms with Crippen LogP contribution in [0.15, 0.2) is 42.5 Å². The van der Waals surface area contributed by atoms with Gasteiger partial charge in [-0.3, -0.25) is 9.69 Å². The normalized spacial score (nSPS) is 11.8. The Bertz CT molecular complexity index is 868. The molecule has 0 aliphatic carbocycles. The van der Waals surface area contributed by atoms with Crippen molar-refractivity contribution in [3.05, 3.63) is 53.6 Å². The maximum atomic E-state index is 12.5. The predicted octanol–water partition coefficient (Wildman–Crippen LogP) is 3.63. The molecule has 2 rings (SSSR count). The number of nitrogens with one attached hydrogen (secondary N) is 1. The van der Waals surface area contributed by atoms with Crippen LogP contribution in [0.1, 0.15) is 18.1 Å². The van der Waals surface area contributed by atoms with E-state index in [1.165, 1.54) is 13.2 Å². The number of hydrogen-bond donors (Lipinski definition) is 1. The largest absolute Gasteiger partial charge is 0.493 e. The van der Waals surface area contributed by atoms with E-state index < -0.39 is 12.7 Å². The second-order valence-corrected chi connectivity index (χ2v) is 6.10. The van der Waals surface area contributed by atoms with Crippen LogP contribution < -0.4 is 14.8 Å². The second kappa shape index (κ2) is 9.67. The SMILES string of the molecule is COc1cc(CN(C)[C@@H](C)C(=O)Nc2ccccc2C#N)ccc1OC(F)F. The number of nitrogens with zero attached hydrogens (tertiary/aromatic N) is 2. The summed E-state index contributed by atoms with van der Waals surface area (Å²) in [5, 5.41) is 11.9. The first kappa shape index (κ1) is 21.1. The van der Waals surface area contributed by atoms with Gasteiger partial charge in [0.25, 0.3) is 0 Å². The molecule has 2 aromatic carbocycles. The van der Waals surface area contributed by atoms with Crippen LogP contribution in [0, 0.1) is 11.3 Å². The van der Waals surface area contributed by atoms with Gasteiger partial charge in [-0.05, 0) is 43.8 Å². The zero-order valence-corrected chi connectivity index (χ0v) is 15.8. The number of nitriles is 1. The van der Waals surface area contributed by atoms with Gasteiger partial charge < -0.3 is 14.8 Å². The summed E-state index contributed by atoms with van der Waals surface area (Å²) in [6.45, 7) is -0.835. The summed E-state index contributed by atoms with van der Waals surface area (Å²) in [6.07, 6.45) is 0. The first-order valence-corrected chi connectivity index (χ1v) is 8.47. The van der Waals surface area contributed by atoms with Gasteiger partial charge in [0.2, 0.25) is 5.91 Å². The summed E-state index contributed by atoms with van der Waals surface area (Å²) in [7, 11) is 3.13. The van der Waals surface area contributed by atoms with Gasteiger partial charge in [0.15, 0.2) is 11.5 Å². The fraction of sp³-hybridized carbons (Fsp3) is 0.300. The highest BCUT2D eigenvalue weighted by atomic mass is 19.3. The molecule has 0 saturated heterocycles. The minimum Gasteiger partial charge on any atom is -0.493 e. The molecular formula is C20H21F2N3O3. The molecule has 0 aromatic heterocycles. The lowest BCUT2D eigenvalue weighted by atomic mass is 10.1. The van der Waals surface area contributed by atoms with E-state index in [1.54, 1.807) is 55.3 Å². The van der Waals surface area contributed by atoms with Gasteiger partial charge in [-0.2, -0.15) is 14.0 Å². The van der Waals surface area contributed by atoms with Gasteiger partial charge in [-0.25, -0.2) is 0 Å². The van der Waals surface area contributed by atoms with Crippen molar-refractivity contribution in [3.63, 3.8) is 0 Å². The van der Waals surface area contributed by atoms with E-state index in [-0.39, 0.29) is 17.4 Å². The molecule has 0 saturated carbocycles. The van der Waals surface area contributed by atoms with E-state index >= 15 is 0 Å². The smallest absolute Gasteiger partial charge is 0.387 e. The molecule has 0 radical (unpaired) electrons. The summed E-state index contributed by atoms with van der Waals surface area (Å²) >= 11 is 0. The number of halogens is 2. The number of carbonyl (C=O) groups is 1. The average Bonchev–Trinajstić information content (AvgIpc) is 2.68. The highest BCUT2D eigenvalue weighted by Crippen LogP contribution is 2.30. The predicted molar refractivity (Wildman–Crippen MR) is 100 cm³/mol. The molecule has 1 N–H and O–H groups in total. The molecule has 6 nitrogen and oxygen atoms in total. The number of ether oxygens (including phenoxy) is 2. The molecule has 1 atom stereocenters. The minimum atomic E-state index is -2.94. The third kappa shape index (κ3) is 5.41. The van der Waals surface area contributed by atoms with Crippen LogP contribution in [-0.2, 0) is 11.3 Å². The van der Waals surface area contributed by atoms with Crippen molar-refractivity contribution >= 4 is 11.6 Å². The van der Waals surface area contributed by atoms with Crippen molar-refractivity contribution in [1.29, 1.82) is 5.26 Å². The van der Waals surface area contributed by atoms with Crippen molar-refractivity contribution in [2.24, 2.45) is 0 Å². The standard InChI is InChI=1S/C20H21F2N3O3/c1-13(19(26)24-16-7-5-4-6-15(16)11-23)25(2)12-14-8-9-17(28-20(21)22)18(10-14)27-3/h4-10,13,20H,12H2,1-3H3,(H,24,26)/t13-/m0/s1. The van der Waals surface area contributed by atoms with E-state index in [0.717, 1.165) is 5.56 Å². The van der Waals surface area contributed by atoms with Gasteiger partial charge in [0, 0.05) is 6.54 Å². The molecule has 0 fully saturated rings. The Morgan fingerprint density at radius 2 is 1.96 bits per heavy atom. The molecule has 0 aliphatic rings. The van der Waals surface area contributed by atoms with Crippen molar-refractivity contribution in [2.45, 2.75) is 26.1 Å². The third-order valence-corrected chi connectivity index (χ3v) is 4.22. The monoisotopic (exact) mass is 389 g/mol. The number of hydrogen-bond acceptors (Lipinski definition) is 5. The van der Waals surface area contributed by atoms with Crippen molar-refractivity contribution < 1.29 is 23.0 Å². The molecule has 0 heterocycles. The number of amides is 1. The summed E-state index contributed by atoms with van der Waals surface area (Å²) in [4.78, 5) is 14.3. The maximum Gasteiger partial charge on any atom is 0.387 e. The van der Waals surface area contributed by atoms with Crippen LogP contribution in [0.5, 0.6) is 11.5 Å². The van der Waals surface area contributed by atoms with Crippen LogP contribution >= 0.6 is 0 Å². The molecule has 0 spiro atoms. The summed E-state index contributed by atoms with van der Waals surface area (Å²) in [5.74, 6) is -0.135. The minimum absolute atomic E-state index is 0.0530. The van der Waals surface area contributed by atoms with E-state index in [9.17, 15) is 13.6 Å². The molecule has 8 heteroatoms. The van der Waals surface area contributed by atoms with Gasteiger partial charge >= 0.3 is 6.61 Å². The van der Waals surface area contributed by atoms with Gasteiger partial charge in [0.05, 0.1) is 24.4 Å². The molecule has 148 valence electrons. The van der Waals surface area contributed by atoms with Crippen molar-refractivity contribution in [3.8, 4) is 17.6 Å². The Labute approximate surface area is 162 Å². The van der Waals surface area contributed by atoms with Crippen LogP contribution in [0.2, 0.25) is 0 Å². The Hall–Kier alpha value is -3.18. The summed E-state index contributed by atoms with van der Waals surface area (Å²) in [6, 6.07) is 12.9. The fourth-order valence-electron chi connectivity index (χ4n) is 2.56. The molecule has 28 heavy (non-hydrogen) atoms. The molecule has 1 amide bonds. The Morgan fingerprint density at radius 3 is 2.61 bits per heavy atom. The number of anilines is 1. The zero-order chi connectivity index (χ0) is 20.7. The highest BCUT2D eigenvalue weighted by molar-refractivity contribution is 5.95. The summed E-state index contributed by atoms with van der Waals surface area (Å²) in [5.41, 5.74) is 1.59. The van der Waals surface area contributed by atoms with Crippen LogP contribution in [-0.4, -0.2) is 37.6 Å². The van der Waals surface area contributed by atoms with Crippen LogP contribution in [0.25, 0.3) is 0 Å².